The van der Waals surface area contributed by atoms with Crippen LogP contribution >= 0.6 is 0 Å². The maximum Gasteiger partial charge on any atom is 0.442 e. The topological polar surface area (TPSA) is 111 Å². The number of rotatable bonds is 7. The van der Waals surface area contributed by atoms with Crippen molar-refractivity contribution >= 4 is 21.5 Å². The molecule has 142 valence electrons. The van der Waals surface area contributed by atoms with Crippen molar-refractivity contribution in [3.05, 3.63) is 23.8 Å². The van der Waals surface area contributed by atoms with Crippen LogP contribution in [0.2, 0.25) is 0 Å². The quantitative estimate of drug-likeness (QED) is 0.562. The average Bonchev–Trinajstić information content (AvgIpc) is 2.39. The Morgan fingerprint density at radius 1 is 1.28 bits per heavy atom. The van der Waals surface area contributed by atoms with Crippen LogP contribution in [0.1, 0.15) is 39.2 Å². The number of carbonyl (C=O) groups excluding carboxylic acids is 1. The van der Waals surface area contributed by atoms with E-state index >= 15 is 0 Å². The second-order valence-corrected chi connectivity index (χ2v) is 9.25. The lowest BCUT2D eigenvalue weighted by Gasteiger charge is -2.17. The standard InChI is InChI=1S/C17H28N2O5S/c1-17(2,3)24-16(21)19-25(4,22)12-13-9-14(18)11-15(10-13)23-8-6-5-7-20/h9-11,20H,5-8,12,18H2,1-4H3. The van der Waals surface area contributed by atoms with Crippen LogP contribution in [0.3, 0.4) is 0 Å². The van der Waals surface area contributed by atoms with Crippen LogP contribution in [-0.4, -0.2) is 40.5 Å². The van der Waals surface area contributed by atoms with E-state index in [2.05, 4.69) is 4.36 Å². The molecule has 0 fully saturated rings. The van der Waals surface area contributed by atoms with E-state index < -0.39 is 21.4 Å². The second-order valence-electron chi connectivity index (χ2n) is 6.86. The van der Waals surface area contributed by atoms with Gasteiger partial charge in [-0.25, -0.2) is 9.00 Å². The molecule has 0 saturated carbocycles. The minimum Gasteiger partial charge on any atom is -0.494 e. The first-order chi connectivity index (χ1) is 11.5. The number of nitrogens with zero attached hydrogens (tertiary/aromatic N) is 1. The van der Waals surface area contributed by atoms with Gasteiger partial charge in [-0.2, -0.15) is 0 Å². The van der Waals surface area contributed by atoms with Crippen LogP contribution < -0.4 is 10.5 Å². The molecule has 0 aliphatic heterocycles. The average molecular weight is 372 g/mol. The van der Waals surface area contributed by atoms with Crippen LogP contribution in [0.4, 0.5) is 10.5 Å². The molecule has 0 heterocycles. The van der Waals surface area contributed by atoms with E-state index in [4.69, 9.17) is 20.3 Å². The van der Waals surface area contributed by atoms with E-state index in [1.807, 2.05) is 0 Å². The van der Waals surface area contributed by atoms with E-state index in [-0.39, 0.29) is 12.4 Å². The Hall–Kier alpha value is -1.80. The van der Waals surface area contributed by atoms with Crippen LogP contribution in [0.25, 0.3) is 0 Å². The zero-order valence-corrected chi connectivity index (χ0v) is 16.1. The summed E-state index contributed by atoms with van der Waals surface area (Å²) >= 11 is 0. The lowest BCUT2D eigenvalue weighted by molar-refractivity contribution is 0.0607. The number of hydrogen-bond acceptors (Lipinski definition) is 6. The number of anilines is 1. The molecule has 0 bridgehead atoms. The molecule has 0 radical (unpaired) electrons. The van der Waals surface area contributed by atoms with Crippen molar-refractivity contribution in [2.75, 3.05) is 25.2 Å². The number of aliphatic hydroxyl groups is 1. The Bertz CT molecular complexity index is 703. The highest BCUT2D eigenvalue weighted by Gasteiger charge is 2.17. The van der Waals surface area contributed by atoms with Gasteiger partial charge in [-0.05, 0) is 51.3 Å². The summed E-state index contributed by atoms with van der Waals surface area (Å²) in [6, 6.07) is 5.07. The molecule has 1 unspecified atom stereocenters. The number of nitrogen functional groups attached to an aromatic ring is 1. The Morgan fingerprint density at radius 2 is 1.96 bits per heavy atom. The predicted octanol–water partition coefficient (Wildman–Crippen LogP) is 2.95. The fourth-order valence-electron chi connectivity index (χ4n) is 2.04. The van der Waals surface area contributed by atoms with Crippen LogP contribution in [0.5, 0.6) is 5.75 Å². The summed E-state index contributed by atoms with van der Waals surface area (Å²) in [4.78, 5) is 11.8. The van der Waals surface area contributed by atoms with Crippen LogP contribution in [0, 0.1) is 0 Å². The van der Waals surface area contributed by atoms with Gasteiger partial charge in [0.15, 0.2) is 0 Å². The number of nitrogens with two attached hydrogens (primary N) is 1. The first kappa shape index (κ1) is 21.2. The molecular formula is C17H28N2O5S. The third-order valence-electron chi connectivity index (χ3n) is 2.91. The number of carbonyl (C=O) groups is 1. The van der Waals surface area contributed by atoms with Crippen molar-refractivity contribution in [2.24, 2.45) is 4.36 Å². The molecule has 1 aromatic carbocycles. The molecule has 0 spiro atoms. The molecule has 7 nitrogen and oxygen atoms in total. The van der Waals surface area contributed by atoms with Gasteiger partial charge in [0.25, 0.3) is 0 Å². The second kappa shape index (κ2) is 9.05. The summed E-state index contributed by atoms with van der Waals surface area (Å²) < 4.78 is 27.0. The Kier molecular flexibility index (Phi) is 7.69. The molecular weight excluding hydrogens is 344 g/mol. The summed E-state index contributed by atoms with van der Waals surface area (Å²) in [5.74, 6) is 0.616. The van der Waals surface area contributed by atoms with Gasteiger partial charge in [0.2, 0.25) is 0 Å². The van der Waals surface area contributed by atoms with Crippen molar-refractivity contribution in [1.29, 1.82) is 0 Å². The van der Waals surface area contributed by atoms with Gasteiger partial charge >= 0.3 is 6.09 Å². The van der Waals surface area contributed by atoms with Gasteiger partial charge in [-0.3, -0.25) is 0 Å². The minimum absolute atomic E-state index is 0.0598. The molecule has 1 atom stereocenters. The molecule has 3 N–H and O–H groups in total. The summed E-state index contributed by atoms with van der Waals surface area (Å²) in [6.45, 7) is 5.73. The van der Waals surface area contributed by atoms with Gasteiger partial charge in [-0.15, -0.1) is 4.36 Å². The molecule has 1 amide bonds. The number of aliphatic hydroxyl groups excluding tert-OH is 1. The van der Waals surface area contributed by atoms with Crippen molar-refractivity contribution in [3.63, 3.8) is 0 Å². The van der Waals surface area contributed by atoms with Gasteiger partial charge in [0.1, 0.15) is 11.4 Å². The van der Waals surface area contributed by atoms with E-state index in [1.54, 1.807) is 39.0 Å². The molecule has 1 rings (SSSR count). The van der Waals surface area contributed by atoms with Crippen molar-refractivity contribution in [2.45, 2.75) is 45.0 Å². The summed E-state index contributed by atoms with van der Waals surface area (Å²) in [6.07, 6.45) is 1.94. The van der Waals surface area contributed by atoms with Gasteiger partial charge in [0, 0.05) is 24.6 Å². The molecule has 0 aliphatic carbocycles. The fourth-order valence-corrected chi connectivity index (χ4v) is 3.24. The van der Waals surface area contributed by atoms with Gasteiger partial charge in [0.05, 0.1) is 22.1 Å². The molecule has 0 aromatic heterocycles. The monoisotopic (exact) mass is 372 g/mol. The molecule has 0 aliphatic rings. The normalized spacial score (nSPS) is 13.8. The van der Waals surface area contributed by atoms with Gasteiger partial charge < -0.3 is 20.3 Å². The van der Waals surface area contributed by atoms with Gasteiger partial charge in [-0.1, -0.05) is 0 Å². The first-order valence-electron chi connectivity index (χ1n) is 8.07. The van der Waals surface area contributed by atoms with Crippen LogP contribution in [-0.2, 0) is 20.2 Å². The minimum atomic E-state index is -2.81. The Labute approximate surface area is 149 Å². The molecule has 25 heavy (non-hydrogen) atoms. The number of hydrogen-bond donors (Lipinski definition) is 2. The van der Waals surface area contributed by atoms with Crippen molar-refractivity contribution < 1.29 is 23.6 Å². The van der Waals surface area contributed by atoms with E-state index in [0.717, 1.165) is 6.42 Å². The Morgan fingerprint density at radius 3 is 2.56 bits per heavy atom. The molecule has 1 aromatic rings. The largest absolute Gasteiger partial charge is 0.494 e. The molecule has 8 heteroatoms. The lowest BCUT2D eigenvalue weighted by atomic mass is 10.2. The predicted molar refractivity (Wildman–Crippen MR) is 99.1 cm³/mol. The fraction of sp³-hybridized carbons (Fsp3) is 0.588. The first-order valence-corrected chi connectivity index (χ1v) is 10.2. The highest BCUT2D eigenvalue weighted by Crippen LogP contribution is 2.21. The smallest absolute Gasteiger partial charge is 0.442 e. The maximum atomic E-state index is 12.6. The Balaban J connectivity index is 2.85. The van der Waals surface area contributed by atoms with E-state index in [1.165, 1.54) is 6.26 Å². The van der Waals surface area contributed by atoms with E-state index in [9.17, 15) is 9.00 Å². The summed E-state index contributed by atoms with van der Waals surface area (Å²) in [5, 5.41) is 8.77. The summed E-state index contributed by atoms with van der Waals surface area (Å²) in [5.41, 5.74) is 6.30. The number of amides is 1. The highest BCUT2D eigenvalue weighted by atomic mass is 32.2. The van der Waals surface area contributed by atoms with Crippen molar-refractivity contribution in [3.8, 4) is 5.75 Å². The lowest BCUT2D eigenvalue weighted by Crippen LogP contribution is -2.22. The van der Waals surface area contributed by atoms with Crippen LogP contribution in [0.15, 0.2) is 22.6 Å². The highest BCUT2D eigenvalue weighted by molar-refractivity contribution is 7.92. The van der Waals surface area contributed by atoms with E-state index in [0.29, 0.717) is 30.0 Å². The number of benzene rings is 1. The number of ether oxygens (including phenoxy) is 2. The zero-order chi connectivity index (χ0) is 19.1. The maximum absolute atomic E-state index is 12.6. The summed E-state index contributed by atoms with van der Waals surface area (Å²) in [7, 11) is -2.81. The third kappa shape index (κ3) is 9.31. The SMILES string of the molecule is CC(C)(C)OC(=O)N=S(C)(=O)Cc1cc(N)cc(OCCCCO)c1. The van der Waals surface area contributed by atoms with Crippen molar-refractivity contribution in [1.82, 2.24) is 0 Å². The molecule has 0 saturated heterocycles. The zero-order valence-electron chi connectivity index (χ0n) is 15.3. The number of unbranched alkanes of at least 4 members (excludes halogenated alkanes) is 1. The third-order valence-corrected chi connectivity index (χ3v) is 4.31.